The summed E-state index contributed by atoms with van der Waals surface area (Å²) in [6.07, 6.45) is -3.93. The van der Waals surface area contributed by atoms with Crippen LogP contribution < -0.4 is 5.32 Å². The molecule has 24 heteroatoms. The Bertz CT molecular complexity index is 834. The molecule has 0 aromatic rings. The van der Waals surface area contributed by atoms with E-state index in [1.165, 1.54) is 12.8 Å². The maximum atomic E-state index is 13.2. The van der Waals surface area contributed by atoms with Gasteiger partial charge >= 0.3 is 65.5 Å². The molecule has 1 amide bonds. The SMILES string of the molecule is CC(F)(F)C(F)(F)C(F)(F)C(F)(F)C(F)(F)C(F)(F)C(F)(F)C(F)(F)C(F)(F)C(O)(F)F.CCCCCCNC(=O)O. The number of halogens is 20. The summed E-state index contributed by atoms with van der Waals surface area (Å²) < 4.78 is 258. The summed E-state index contributed by atoms with van der Waals surface area (Å²) in [5.74, 6) is -75.6. The number of rotatable bonds is 14. The molecule has 0 aliphatic heterocycles. The Morgan fingerprint density at radius 2 is 0.810 bits per heavy atom. The average Bonchev–Trinajstić information content (AvgIpc) is 2.76. The van der Waals surface area contributed by atoms with Crippen LogP contribution in [0.25, 0.3) is 0 Å². The lowest BCUT2D eigenvalue weighted by Crippen LogP contribution is -2.76. The topological polar surface area (TPSA) is 69.6 Å². The molecule has 0 fully saturated rings. The lowest BCUT2D eigenvalue weighted by atomic mass is 9.86. The van der Waals surface area contributed by atoms with Crippen molar-refractivity contribution < 1.29 is 103 Å². The molecule has 0 radical (unpaired) electrons. The van der Waals surface area contributed by atoms with E-state index in [-0.39, 0.29) is 0 Å². The zero-order chi connectivity index (χ0) is 34.8. The first kappa shape index (κ1) is 42.0. The zero-order valence-electron chi connectivity index (χ0n) is 20.4. The van der Waals surface area contributed by atoms with E-state index < -0.39 is 72.4 Å². The van der Waals surface area contributed by atoms with Crippen LogP contribution >= 0.6 is 0 Å². The largest absolute Gasteiger partial charge is 0.465 e. The van der Waals surface area contributed by atoms with Crippen molar-refractivity contribution in [3.63, 3.8) is 0 Å². The van der Waals surface area contributed by atoms with E-state index in [0.717, 1.165) is 12.8 Å². The molecule has 0 aliphatic rings. The first-order chi connectivity index (χ1) is 18.0. The summed E-state index contributed by atoms with van der Waals surface area (Å²) >= 11 is 0. The van der Waals surface area contributed by atoms with Crippen LogP contribution in [-0.2, 0) is 0 Å². The molecule has 0 saturated carbocycles. The Labute approximate surface area is 221 Å². The van der Waals surface area contributed by atoms with Crippen molar-refractivity contribution in [2.75, 3.05) is 6.54 Å². The van der Waals surface area contributed by atoms with Gasteiger partial charge in [-0.05, 0) is 6.42 Å². The highest BCUT2D eigenvalue weighted by atomic mass is 19.4. The molecule has 42 heavy (non-hydrogen) atoms. The molecule has 0 bridgehead atoms. The molecular formula is C18H19F20NO3. The fourth-order valence-corrected chi connectivity index (χ4v) is 2.39. The van der Waals surface area contributed by atoms with Gasteiger partial charge in [-0.15, -0.1) is 0 Å². The van der Waals surface area contributed by atoms with E-state index in [1.807, 2.05) is 0 Å². The molecule has 0 saturated heterocycles. The molecule has 0 unspecified atom stereocenters. The van der Waals surface area contributed by atoms with Gasteiger partial charge < -0.3 is 15.5 Å². The second-order valence-electron chi connectivity index (χ2n) is 8.32. The third-order valence-electron chi connectivity index (χ3n) is 5.00. The maximum Gasteiger partial charge on any atom is 0.423 e. The van der Waals surface area contributed by atoms with Gasteiger partial charge in [0.25, 0.3) is 0 Å². The predicted octanol–water partition coefficient (Wildman–Crippen LogP) is 8.14. The van der Waals surface area contributed by atoms with Crippen LogP contribution in [0.1, 0.15) is 39.5 Å². The van der Waals surface area contributed by atoms with Crippen LogP contribution in [0.2, 0.25) is 0 Å². The number of carbonyl (C=O) groups is 1. The quantitative estimate of drug-likeness (QED) is 0.129. The van der Waals surface area contributed by atoms with Crippen LogP contribution in [-0.4, -0.2) is 82.3 Å². The third kappa shape index (κ3) is 6.97. The van der Waals surface area contributed by atoms with Gasteiger partial charge in [0.05, 0.1) is 0 Å². The smallest absolute Gasteiger partial charge is 0.423 e. The van der Waals surface area contributed by atoms with Crippen molar-refractivity contribution in [2.45, 2.75) is 98.9 Å². The lowest BCUT2D eigenvalue weighted by Gasteiger charge is -2.44. The van der Waals surface area contributed by atoms with Crippen molar-refractivity contribution in [2.24, 2.45) is 0 Å². The minimum Gasteiger partial charge on any atom is -0.465 e. The van der Waals surface area contributed by atoms with Gasteiger partial charge in [-0.3, -0.25) is 0 Å². The van der Waals surface area contributed by atoms with Gasteiger partial charge in [0.2, 0.25) is 0 Å². The Morgan fingerprint density at radius 3 is 1.05 bits per heavy atom. The Hall–Kier alpha value is -2.17. The minimum atomic E-state index is -9.07. The number of nitrogens with one attached hydrogen (secondary N) is 1. The lowest BCUT2D eigenvalue weighted by molar-refractivity contribution is -0.478. The summed E-state index contributed by atoms with van der Waals surface area (Å²) in [6, 6.07) is 0. The molecule has 4 nitrogen and oxygen atoms in total. The molecule has 3 N–H and O–H groups in total. The van der Waals surface area contributed by atoms with E-state index in [1.54, 1.807) is 0 Å². The number of carboxylic acid groups (broad SMARTS) is 1. The molecule has 0 heterocycles. The van der Waals surface area contributed by atoms with Gasteiger partial charge in [-0.1, -0.05) is 26.2 Å². The highest BCUT2D eigenvalue weighted by molar-refractivity contribution is 5.64. The molecule has 0 spiro atoms. The van der Waals surface area contributed by atoms with E-state index >= 15 is 0 Å². The number of alkyl halides is 20. The van der Waals surface area contributed by atoms with Crippen LogP contribution in [0.4, 0.5) is 92.6 Å². The van der Waals surface area contributed by atoms with E-state index in [9.17, 15) is 92.6 Å². The summed E-state index contributed by atoms with van der Waals surface area (Å²) in [5.41, 5.74) is 0. The zero-order valence-corrected chi connectivity index (χ0v) is 20.4. The Morgan fingerprint density at radius 1 is 0.524 bits per heavy atom. The van der Waals surface area contributed by atoms with Crippen molar-refractivity contribution in [3.05, 3.63) is 0 Å². The van der Waals surface area contributed by atoms with Gasteiger partial charge in [-0.2, -0.15) is 87.8 Å². The minimum absolute atomic E-state index is 0.593. The van der Waals surface area contributed by atoms with Gasteiger partial charge in [0.15, 0.2) is 0 Å². The maximum absolute atomic E-state index is 13.2. The second kappa shape index (κ2) is 12.4. The van der Waals surface area contributed by atoms with Crippen LogP contribution in [0.3, 0.4) is 0 Å². The molecule has 0 aliphatic carbocycles. The summed E-state index contributed by atoms with van der Waals surface area (Å²) in [5, 5.41) is 17.9. The molecule has 0 rings (SSSR count). The fraction of sp³-hybridized carbons (Fsp3) is 0.944. The predicted molar refractivity (Wildman–Crippen MR) is 97.5 cm³/mol. The van der Waals surface area contributed by atoms with Crippen molar-refractivity contribution in [3.8, 4) is 0 Å². The molecule has 0 aromatic carbocycles. The Balaban J connectivity index is 0. The van der Waals surface area contributed by atoms with Crippen LogP contribution in [0.15, 0.2) is 0 Å². The van der Waals surface area contributed by atoms with Crippen molar-refractivity contribution in [1.82, 2.24) is 5.32 Å². The van der Waals surface area contributed by atoms with Gasteiger partial charge in [0.1, 0.15) is 0 Å². The summed E-state index contributed by atoms with van der Waals surface area (Å²) in [7, 11) is 0. The summed E-state index contributed by atoms with van der Waals surface area (Å²) in [4.78, 5) is 9.92. The normalized spacial score (nSPS) is 15.2. The number of hydrogen-bond acceptors (Lipinski definition) is 2. The third-order valence-corrected chi connectivity index (χ3v) is 5.00. The number of amides is 1. The van der Waals surface area contributed by atoms with Crippen LogP contribution in [0.5, 0.6) is 0 Å². The average molecular weight is 677 g/mol. The molecule has 254 valence electrons. The van der Waals surface area contributed by atoms with Crippen molar-refractivity contribution >= 4 is 6.09 Å². The molecule has 0 aromatic heterocycles. The standard InChI is InChI=1S/C11H4F20O.C7H15NO2/c1-2(12,13)3(14,15)4(16,17)5(18,19)6(20,21)7(22,23)8(24,25)9(26,27)10(28,29)11(30,31)32;1-2-3-4-5-6-8-7(9)10/h32H,1H3;8H,2-6H2,1H3,(H,9,10). The molecular weight excluding hydrogens is 658 g/mol. The number of hydrogen-bond donors (Lipinski definition) is 3. The number of unbranched alkanes of at least 4 members (excludes halogenated alkanes) is 3. The van der Waals surface area contributed by atoms with Crippen molar-refractivity contribution in [1.29, 1.82) is 0 Å². The second-order valence-corrected chi connectivity index (χ2v) is 8.32. The highest BCUT2D eigenvalue weighted by Gasteiger charge is 2.97. The highest BCUT2D eigenvalue weighted by Crippen LogP contribution is 2.65. The first-order valence-electron chi connectivity index (χ1n) is 10.5. The van der Waals surface area contributed by atoms with Crippen LogP contribution in [0, 0.1) is 0 Å². The first-order valence-corrected chi connectivity index (χ1v) is 10.5. The molecule has 0 atom stereocenters. The monoisotopic (exact) mass is 677 g/mol. The van der Waals surface area contributed by atoms with E-state index in [4.69, 9.17) is 10.2 Å². The summed E-state index contributed by atoms with van der Waals surface area (Å²) in [6.45, 7) is 1.33. The van der Waals surface area contributed by atoms with E-state index in [0.29, 0.717) is 6.54 Å². The number of aliphatic hydroxyl groups is 1. The Kier molecular flexibility index (Phi) is 12.4. The van der Waals surface area contributed by atoms with Gasteiger partial charge in [-0.25, -0.2) is 4.79 Å². The fourth-order valence-electron chi connectivity index (χ4n) is 2.39. The van der Waals surface area contributed by atoms with Gasteiger partial charge in [0, 0.05) is 13.5 Å². The van der Waals surface area contributed by atoms with E-state index in [2.05, 4.69) is 12.2 Å².